The molecule has 0 saturated heterocycles. The van der Waals surface area contributed by atoms with Crippen LogP contribution in [0, 0.1) is 0 Å². The van der Waals surface area contributed by atoms with Gasteiger partial charge in [-0.1, -0.05) is 18.2 Å². The van der Waals surface area contributed by atoms with E-state index in [-0.39, 0.29) is 0 Å². The van der Waals surface area contributed by atoms with Crippen molar-refractivity contribution in [1.29, 1.82) is 0 Å². The summed E-state index contributed by atoms with van der Waals surface area (Å²) in [5.74, 6) is -0.423. The first-order valence-electron chi connectivity index (χ1n) is 6.18. The predicted octanol–water partition coefficient (Wildman–Crippen LogP) is 0.425. The normalized spacial score (nSPS) is 11.7. The average Bonchev–Trinajstić information content (AvgIpc) is 2.39. The Morgan fingerprint density at radius 3 is 2.47 bits per heavy atom. The monoisotopic (exact) mass is 264 g/mol. The van der Waals surface area contributed by atoms with Crippen LogP contribution >= 0.6 is 0 Å². The molecule has 1 atom stereocenters. The summed E-state index contributed by atoms with van der Waals surface area (Å²) >= 11 is 0. The zero-order chi connectivity index (χ0) is 14.3. The number of benzene rings is 1. The molecule has 0 saturated carbocycles. The molecule has 19 heavy (non-hydrogen) atoms. The predicted molar refractivity (Wildman–Crippen MR) is 74.6 cm³/mol. The summed E-state index contributed by atoms with van der Waals surface area (Å²) in [5, 5.41) is 2.10. The first kappa shape index (κ1) is 15.0. The van der Waals surface area contributed by atoms with Gasteiger partial charge in [0.1, 0.15) is 6.04 Å². The smallest absolute Gasteiger partial charge is 0.318 e. The second kappa shape index (κ2) is 7.38. The molecular formula is C13H20N4O2. The highest BCUT2D eigenvalue weighted by Crippen LogP contribution is 2.16. The minimum atomic E-state index is -0.844. The summed E-state index contributed by atoms with van der Waals surface area (Å²) in [6.45, 7) is 2.89. The fourth-order valence-corrected chi connectivity index (χ4v) is 1.79. The molecule has 1 rings (SSSR count). The Morgan fingerprint density at radius 2 is 1.95 bits per heavy atom. The lowest BCUT2D eigenvalue weighted by Crippen LogP contribution is -2.49. The lowest BCUT2D eigenvalue weighted by atomic mass is 10.2. The van der Waals surface area contributed by atoms with E-state index in [1.165, 1.54) is 0 Å². The number of rotatable bonds is 6. The fraction of sp³-hybridized carbons (Fsp3) is 0.385. The van der Waals surface area contributed by atoms with Crippen molar-refractivity contribution in [1.82, 2.24) is 5.32 Å². The van der Waals surface area contributed by atoms with Gasteiger partial charge in [0.2, 0.25) is 5.91 Å². The number of hydrogen-bond acceptors (Lipinski definition) is 4. The Hall–Kier alpha value is -2.08. The maximum absolute atomic E-state index is 11.8. The summed E-state index contributed by atoms with van der Waals surface area (Å²) in [4.78, 5) is 24.5. The maximum Gasteiger partial charge on any atom is 0.318 e. The highest BCUT2D eigenvalue weighted by molar-refractivity contribution is 5.97. The molecule has 0 fully saturated rings. The summed E-state index contributed by atoms with van der Waals surface area (Å²) in [5.41, 5.74) is 11.4. The first-order chi connectivity index (χ1) is 9.06. The molecule has 1 aromatic carbocycles. The lowest BCUT2D eigenvalue weighted by molar-refractivity contribution is -0.120. The van der Waals surface area contributed by atoms with Crippen molar-refractivity contribution < 1.29 is 9.59 Å². The van der Waals surface area contributed by atoms with E-state index in [2.05, 4.69) is 5.32 Å². The number of hydrogen-bond donors (Lipinski definition) is 3. The van der Waals surface area contributed by atoms with E-state index < -0.39 is 18.0 Å². The minimum Gasteiger partial charge on any atom is -0.360 e. The molecule has 1 unspecified atom stereocenters. The number of nitrogens with one attached hydrogen (secondary N) is 1. The molecule has 6 nitrogen and oxygen atoms in total. The van der Waals surface area contributed by atoms with Gasteiger partial charge in [-0.05, 0) is 32.0 Å². The van der Waals surface area contributed by atoms with Crippen molar-refractivity contribution >= 4 is 17.6 Å². The number of nitrogens with zero attached hydrogens (tertiary/aromatic N) is 1. The number of anilines is 1. The molecule has 5 N–H and O–H groups in total. The van der Waals surface area contributed by atoms with Crippen molar-refractivity contribution in [2.24, 2.45) is 11.5 Å². The summed E-state index contributed by atoms with van der Waals surface area (Å²) in [7, 11) is 0. The van der Waals surface area contributed by atoms with Crippen LogP contribution in [-0.2, 0) is 4.79 Å². The Kier molecular flexibility index (Phi) is 5.81. The summed E-state index contributed by atoms with van der Waals surface area (Å²) in [6.07, 6.45) is 0.753. The number of carbonyl (C=O) groups is 2. The van der Waals surface area contributed by atoms with Crippen molar-refractivity contribution in [3.63, 3.8) is 0 Å². The molecule has 0 radical (unpaired) electrons. The third-order valence-corrected chi connectivity index (χ3v) is 2.78. The van der Waals surface area contributed by atoms with E-state index in [4.69, 9.17) is 11.5 Å². The second-order valence-electron chi connectivity index (χ2n) is 4.20. The van der Waals surface area contributed by atoms with E-state index in [1.807, 2.05) is 35.2 Å². The molecule has 0 aromatic heterocycles. The fourth-order valence-electron chi connectivity index (χ4n) is 1.79. The zero-order valence-electron chi connectivity index (χ0n) is 11.0. The van der Waals surface area contributed by atoms with Gasteiger partial charge in [0.25, 0.3) is 0 Å². The van der Waals surface area contributed by atoms with Crippen LogP contribution in [0.2, 0.25) is 0 Å². The SMILES string of the molecule is CC(C(=O)NC(N)=O)N(CCCN)c1ccccc1. The average molecular weight is 264 g/mol. The van der Waals surface area contributed by atoms with E-state index >= 15 is 0 Å². The maximum atomic E-state index is 11.8. The number of urea groups is 1. The van der Waals surface area contributed by atoms with Crippen molar-refractivity contribution in [2.45, 2.75) is 19.4 Å². The molecule has 0 bridgehead atoms. The number of imide groups is 1. The topological polar surface area (TPSA) is 101 Å². The second-order valence-corrected chi connectivity index (χ2v) is 4.20. The van der Waals surface area contributed by atoms with Crippen molar-refractivity contribution in [3.8, 4) is 0 Å². The van der Waals surface area contributed by atoms with Gasteiger partial charge in [0.05, 0.1) is 0 Å². The molecule has 0 spiro atoms. The molecule has 0 heterocycles. The number of amides is 3. The summed E-state index contributed by atoms with van der Waals surface area (Å²) < 4.78 is 0. The van der Waals surface area contributed by atoms with Gasteiger partial charge in [-0.15, -0.1) is 0 Å². The number of carbonyl (C=O) groups excluding carboxylic acids is 2. The Labute approximate surface area is 112 Å². The summed E-state index contributed by atoms with van der Waals surface area (Å²) in [6, 6.07) is 8.16. The Bertz CT molecular complexity index is 422. The van der Waals surface area contributed by atoms with E-state index in [9.17, 15) is 9.59 Å². The number of primary amides is 1. The van der Waals surface area contributed by atoms with Gasteiger partial charge < -0.3 is 16.4 Å². The van der Waals surface area contributed by atoms with Gasteiger partial charge in [-0.3, -0.25) is 10.1 Å². The van der Waals surface area contributed by atoms with Crippen molar-refractivity contribution in [3.05, 3.63) is 30.3 Å². The molecular weight excluding hydrogens is 244 g/mol. The highest BCUT2D eigenvalue weighted by atomic mass is 16.2. The number of nitrogens with two attached hydrogens (primary N) is 2. The zero-order valence-corrected chi connectivity index (χ0v) is 11.0. The third kappa shape index (κ3) is 4.59. The van der Waals surface area contributed by atoms with E-state index in [0.29, 0.717) is 13.1 Å². The van der Waals surface area contributed by atoms with E-state index in [0.717, 1.165) is 12.1 Å². The van der Waals surface area contributed by atoms with Crippen LogP contribution in [-0.4, -0.2) is 31.1 Å². The molecule has 3 amide bonds. The van der Waals surface area contributed by atoms with Crippen LogP contribution in [0.5, 0.6) is 0 Å². The molecule has 0 aliphatic rings. The van der Waals surface area contributed by atoms with Gasteiger partial charge in [0, 0.05) is 12.2 Å². The van der Waals surface area contributed by atoms with Crippen LogP contribution < -0.4 is 21.7 Å². The molecule has 104 valence electrons. The van der Waals surface area contributed by atoms with Crippen LogP contribution in [0.15, 0.2) is 30.3 Å². The Morgan fingerprint density at radius 1 is 1.32 bits per heavy atom. The van der Waals surface area contributed by atoms with Crippen LogP contribution in [0.4, 0.5) is 10.5 Å². The van der Waals surface area contributed by atoms with Crippen molar-refractivity contribution in [2.75, 3.05) is 18.0 Å². The van der Waals surface area contributed by atoms with E-state index in [1.54, 1.807) is 6.92 Å². The molecule has 0 aliphatic heterocycles. The largest absolute Gasteiger partial charge is 0.360 e. The third-order valence-electron chi connectivity index (χ3n) is 2.78. The van der Waals surface area contributed by atoms with Gasteiger partial charge >= 0.3 is 6.03 Å². The van der Waals surface area contributed by atoms with Gasteiger partial charge in [-0.25, -0.2) is 4.79 Å². The quantitative estimate of drug-likeness (QED) is 0.693. The van der Waals surface area contributed by atoms with Gasteiger partial charge in [-0.2, -0.15) is 0 Å². The molecule has 0 aliphatic carbocycles. The Balaban J connectivity index is 2.84. The molecule has 1 aromatic rings. The number of para-hydroxylation sites is 1. The highest BCUT2D eigenvalue weighted by Gasteiger charge is 2.22. The molecule has 6 heteroatoms. The standard InChI is InChI=1S/C13H20N4O2/c1-10(12(18)16-13(15)19)17(9-5-8-14)11-6-3-2-4-7-11/h2-4,6-7,10H,5,8-9,14H2,1H3,(H3,15,16,18,19). The lowest BCUT2D eigenvalue weighted by Gasteiger charge is -2.30. The van der Waals surface area contributed by atoms with Gasteiger partial charge in [0.15, 0.2) is 0 Å². The van der Waals surface area contributed by atoms with Crippen LogP contribution in [0.25, 0.3) is 0 Å². The first-order valence-corrected chi connectivity index (χ1v) is 6.18. The van der Waals surface area contributed by atoms with Crippen LogP contribution in [0.1, 0.15) is 13.3 Å². The van der Waals surface area contributed by atoms with Crippen LogP contribution in [0.3, 0.4) is 0 Å². The minimum absolute atomic E-state index is 0.423.